The quantitative estimate of drug-likeness (QED) is 0.820. The lowest BCUT2D eigenvalue weighted by atomic mass is 10.1. The molecule has 4 heterocycles. The minimum atomic E-state index is 0.0350. The maximum atomic E-state index is 12.4. The summed E-state index contributed by atoms with van der Waals surface area (Å²) in [7, 11) is 2.13. The number of hydrogen-bond donors (Lipinski definition) is 0. The van der Waals surface area contributed by atoms with Gasteiger partial charge in [-0.15, -0.1) is 0 Å². The standard InChI is InChI=1S/C17H21N5O2/c1-20-4-2-15-14(10-20)16(19-12-18-15)21-5-7-22(8-6-21)17(23)13-3-9-24-11-13/h3,9,11-12H,2,4-8,10H2,1H3. The molecule has 0 N–H and O–H groups in total. The van der Waals surface area contributed by atoms with Crippen molar-refractivity contribution in [1.29, 1.82) is 0 Å². The number of fused-ring (bicyclic) bond motifs is 1. The number of amides is 1. The molecule has 0 saturated carbocycles. The lowest BCUT2D eigenvalue weighted by molar-refractivity contribution is 0.0745. The maximum absolute atomic E-state index is 12.4. The second-order valence-corrected chi connectivity index (χ2v) is 6.40. The number of nitrogens with zero attached hydrogens (tertiary/aromatic N) is 5. The minimum Gasteiger partial charge on any atom is -0.472 e. The molecule has 7 nitrogen and oxygen atoms in total. The highest BCUT2D eigenvalue weighted by molar-refractivity contribution is 5.94. The first-order chi connectivity index (χ1) is 11.7. The molecule has 7 heteroatoms. The first-order valence-electron chi connectivity index (χ1n) is 8.30. The number of anilines is 1. The molecular formula is C17H21N5O2. The summed E-state index contributed by atoms with van der Waals surface area (Å²) in [6.07, 6.45) is 5.68. The molecule has 2 aromatic heterocycles. The molecule has 0 aromatic carbocycles. The van der Waals surface area contributed by atoms with Gasteiger partial charge < -0.3 is 19.1 Å². The van der Waals surface area contributed by atoms with Crippen LogP contribution in [-0.2, 0) is 13.0 Å². The van der Waals surface area contributed by atoms with Gasteiger partial charge in [0.2, 0.25) is 0 Å². The minimum absolute atomic E-state index is 0.0350. The fraction of sp³-hybridized carbons (Fsp3) is 0.471. The monoisotopic (exact) mass is 327 g/mol. The van der Waals surface area contributed by atoms with Crippen molar-refractivity contribution in [2.45, 2.75) is 13.0 Å². The van der Waals surface area contributed by atoms with E-state index in [1.54, 1.807) is 12.4 Å². The van der Waals surface area contributed by atoms with Crippen molar-refractivity contribution in [3.8, 4) is 0 Å². The van der Waals surface area contributed by atoms with Crippen molar-refractivity contribution in [3.63, 3.8) is 0 Å². The average Bonchev–Trinajstić information content (AvgIpc) is 3.15. The molecule has 0 radical (unpaired) electrons. The van der Waals surface area contributed by atoms with Gasteiger partial charge >= 0.3 is 0 Å². The molecule has 1 fully saturated rings. The Bertz CT molecular complexity index is 723. The summed E-state index contributed by atoms with van der Waals surface area (Å²) in [6.45, 7) is 4.89. The number of carbonyl (C=O) groups excluding carboxylic acids is 1. The van der Waals surface area contributed by atoms with Gasteiger partial charge in [0.05, 0.1) is 17.5 Å². The van der Waals surface area contributed by atoms with Gasteiger partial charge in [-0.25, -0.2) is 9.97 Å². The Morgan fingerprint density at radius 3 is 2.75 bits per heavy atom. The van der Waals surface area contributed by atoms with Gasteiger partial charge in [-0.1, -0.05) is 0 Å². The number of carbonyl (C=O) groups is 1. The molecule has 0 spiro atoms. The summed E-state index contributed by atoms with van der Waals surface area (Å²) >= 11 is 0. The number of aromatic nitrogens is 2. The van der Waals surface area contributed by atoms with Crippen LogP contribution in [0.5, 0.6) is 0 Å². The van der Waals surface area contributed by atoms with Crippen molar-refractivity contribution in [2.75, 3.05) is 44.7 Å². The number of piperazine rings is 1. The van der Waals surface area contributed by atoms with E-state index < -0.39 is 0 Å². The summed E-state index contributed by atoms with van der Waals surface area (Å²) in [5.74, 6) is 1.06. The Labute approximate surface area is 140 Å². The summed E-state index contributed by atoms with van der Waals surface area (Å²) in [5.41, 5.74) is 3.01. The zero-order valence-corrected chi connectivity index (χ0v) is 13.8. The van der Waals surface area contributed by atoms with Crippen LogP contribution in [0.25, 0.3) is 0 Å². The number of likely N-dealkylation sites (N-methyl/N-ethyl adjacent to an activating group) is 1. The van der Waals surface area contributed by atoms with E-state index in [1.165, 1.54) is 18.1 Å². The predicted octanol–water partition coefficient (Wildman–Crippen LogP) is 1.02. The van der Waals surface area contributed by atoms with Gasteiger partial charge in [0.25, 0.3) is 5.91 Å². The fourth-order valence-corrected chi connectivity index (χ4v) is 3.42. The second kappa shape index (κ2) is 6.24. The highest BCUT2D eigenvalue weighted by atomic mass is 16.3. The Morgan fingerprint density at radius 1 is 1.17 bits per heavy atom. The van der Waals surface area contributed by atoms with Crippen molar-refractivity contribution >= 4 is 11.7 Å². The van der Waals surface area contributed by atoms with Gasteiger partial charge in [0, 0.05) is 51.3 Å². The number of furan rings is 1. The average molecular weight is 327 g/mol. The van der Waals surface area contributed by atoms with E-state index in [9.17, 15) is 4.79 Å². The zero-order chi connectivity index (χ0) is 16.5. The topological polar surface area (TPSA) is 65.7 Å². The van der Waals surface area contributed by atoms with Crippen LogP contribution >= 0.6 is 0 Å². The molecule has 0 bridgehead atoms. The van der Waals surface area contributed by atoms with E-state index in [4.69, 9.17) is 4.42 Å². The van der Waals surface area contributed by atoms with Crippen LogP contribution in [0.2, 0.25) is 0 Å². The fourth-order valence-electron chi connectivity index (χ4n) is 3.42. The molecule has 0 atom stereocenters. The summed E-state index contributed by atoms with van der Waals surface area (Å²) < 4.78 is 5.01. The SMILES string of the molecule is CN1CCc2ncnc(N3CCN(C(=O)c4ccoc4)CC3)c2C1. The first kappa shape index (κ1) is 15.1. The molecule has 0 unspecified atom stereocenters. The Balaban J connectivity index is 1.48. The van der Waals surface area contributed by atoms with Gasteiger partial charge in [0.15, 0.2) is 0 Å². The predicted molar refractivity (Wildman–Crippen MR) is 88.9 cm³/mol. The molecular weight excluding hydrogens is 306 g/mol. The highest BCUT2D eigenvalue weighted by Gasteiger charge is 2.27. The molecule has 2 aliphatic heterocycles. The molecule has 2 aromatic rings. The van der Waals surface area contributed by atoms with Gasteiger partial charge in [-0.05, 0) is 13.1 Å². The normalized spacial score (nSPS) is 18.5. The third-order valence-electron chi connectivity index (χ3n) is 4.80. The summed E-state index contributed by atoms with van der Waals surface area (Å²) in [4.78, 5) is 27.8. The Hall–Kier alpha value is -2.41. The number of hydrogen-bond acceptors (Lipinski definition) is 6. The molecule has 126 valence electrons. The lowest BCUT2D eigenvalue weighted by Crippen LogP contribution is -2.49. The smallest absolute Gasteiger partial charge is 0.257 e. The second-order valence-electron chi connectivity index (χ2n) is 6.40. The van der Waals surface area contributed by atoms with Crippen LogP contribution in [0.1, 0.15) is 21.6 Å². The van der Waals surface area contributed by atoms with Crippen LogP contribution in [0.3, 0.4) is 0 Å². The van der Waals surface area contributed by atoms with E-state index in [0.717, 1.165) is 44.1 Å². The molecule has 24 heavy (non-hydrogen) atoms. The van der Waals surface area contributed by atoms with Crippen LogP contribution in [0.4, 0.5) is 5.82 Å². The van der Waals surface area contributed by atoms with Crippen LogP contribution in [0.15, 0.2) is 29.3 Å². The van der Waals surface area contributed by atoms with Gasteiger partial charge in [0.1, 0.15) is 18.4 Å². The van der Waals surface area contributed by atoms with Crippen LogP contribution in [0, 0.1) is 0 Å². The lowest BCUT2D eigenvalue weighted by Gasteiger charge is -2.37. The van der Waals surface area contributed by atoms with Crippen molar-refractivity contribution in [2.24, 2.45) is 0 Å². The van der Waals surface area contributed by atoms with E-state index in [0.29, 0.717) is 18.7 Å². The van der Waals surface area contributed by atoms with E-state index in [-0.39, 0.29) is 5.91 Å². The molecule has 1 saturated heterocycles. The van der Waals surface area contributed by atoms with Gasteiger partial charge in [-0.2, -0.15) is 0 Å². The van der Waals surface area contributed by atoms with Crippen LogP contribution < -0.4 is 4.90 Å². The molecule has 2 aliphatic rings. The van der Waals surface area contributed by atoms with Gasteiger partial charge in [-0.3, -0.25) is 4.79 Å². The summed E-state index contributed by atoms with van der Waals surface area (Å²) in [6, 6.07) is 1.71. The summed E-state index contributed by atoms with van der Waals surface area (Å²) in [5, 5.41) is 0. The molecule has 0 aliphatic carbocycles. The third kappa shape index (κ3) is 2.75. The van der Waals surface area contributed by atoms with Crippen LogP contribution in [-0.4, -0.2) is 65.4 Å². The third-order valence-corrected chi connectivity index (χ3v) is 4.80. The molecule has 4 rings (SSSR count). The van der Waals surface area contributed by atoms with Crippen molar-refractivity contribution < 1.29 is 9.21 Å². The largest absolute Gasteiger partial charge is 0.472 e. The Morgan fingerprint density at radius 2 is 2.00 bits per heavy atom. The zero-order valence-electron chi connectivity index (χ0n) is 13.8. The van der Waals surface area contributed by atoms with Crippen molar-refractivity contribution in [3.05, 3.63) is 41.7 Å². The maximum Gasteiger partial charge on any atom is 0.257 e. The van der Waals surface area contributed by atoms with Crippen molar-refractivity contribution in [1.82, 2.24) is 19.8 Å². The van der Waals surface area contributed by atoms with E-state index in [1.807, 2.05) is 4.90 Å². The van der Waals surface area contributed by atoms with E-state index in [2.05, 4.69) is 26.8 Å². The highest BCUT2D eigenvalue weighted by Crippen LogP contribution is 2.26. The first-order valence-corrected chi connectivity index (χ1v) is 8.30. The van der Waals surface area contributed by atoms with E-state index >= 15 is 0 Å². The Kier molecular flexibility index (Phi) is 3.93. The number of rotatable bonds is 2. The molecule has 1 amide bonds.